The number of carbonyl (C=O) groups is 2. The minimum Gasteiger partial charge on any atom is -0.338 e. The molecule has 25 heavy (non-hydrogen) atoms. The average Bonchev–Trinajstić information content (AvgIpc) is 3.01. The lowest BCUT2D eigenvalue weighted by Crippen LogP contribution is -2.30. The molecule has 0 saturated carbocycles. The van der Waals surface area contributed by atoms with Gasteiger partial charge < -0.3 is 4.90 Å². The minimum absolute atomic E-state index is 0.00281. The second-order valence-electron chi connectivity index (χ2n) is 6.08. The highest BCUT2D eigenvalue weighted by Crippen LogP contribution is 2.20. The van der Waals surface area contributed by atoms with Crippen molar-refractivity contribution in [3.8, 4) is 0 Å². The Kier molecular flexibility index (Phi) is 5.18. The summed E-state index contributed by atoms with van der Waals surface area (Å²) in [5.74, 6) is -0.606. The van der Waals surface area contributed by atoms with Gasteiger partial charge in [0.2, 0.25) is 11.8 Å². The molecule has 1 aromatic heterocycles. The molecular formula is C19H20N4O2. The van der Waals surface area contributed by atoms with Crippen molar-refractivity contribution in [3.05, 3.63) is 66.0 Å². The Labute approximate surface area is 146 Å². The summed E-state index contributed by atoms with van der Waals surface area (Å²) < 4.78 is 0. The van der Waals surface area contributed by atoms with Gasteiger partial charge in [0, 0.05) is 37.5 Å². The number of aromatic nitrogens is 1. The van der Waals surface area contributed by atoms with E-state index in [1.807, 2.05) is 42.5 Å². The topological polar surface area (TPSA) is 74.7 Å². The normalized spacial score (nSPS) is 17.6. The molecule has 6 heteroatoms. The van der Waals surface area contributed by atoms with E-state index in [0.29, 0.717) is 18.8 Å². The molecule has 0 aliphatic carbocycles. The van der Waals surface area contributed by atoms with E-state index in [1.54, 1.807) is 24.2 Å². The summed E-state index contributed by atoms with van der Waals surface area (Å²) in [6, 6.07) is 13.5. The van der Waals surface area contributed by atoms with Crippen LogP contribution < -0.4 is 5.43 Å². The maximum atomic E-state index is 12.3. The second-order valence-corrected chi connectivity index (χ2v) is 6.08. The fourth-order valence-electron chi connectivity index (χ4n) is 2.78. The number of likely N-dealkylation sites (tertiary alicyclic amines) is 1. The molecule has 3 rings (SSSR count). The molecule has 2 amide bonds. The maximum Gasteiger partial charge on any atom is 0.245 e. The van der Waals surface area contributed by atoms with Crippen molar-refractivity contribution in [3.63, 3.8) is 0 Å². The van der Waals surface area contributed by atoms with Crippen molar-refractivity contribution in [2.24, 2.45) is 11.0 Å². The Morgan fingerprint density at radius 3 is 2.80 bits per heavy atom. The van der Waals surface area contributed by atoms with E-state index in [2.05, 4.69) is 15.5 Å². The van der Waals surface area contributed by atoms with Gasteiger partial charge in [0.25, 0.3) is 0 Å². The number of pyridine rings is 1. The van der Waals surface area contributed by atoms with Crippen molar-refractivity contribution in [1.82, 2.24) is 15.3 Å². The third kappa shape index (κ3) is 4.29. The van der Waals surface area contributed by atoms with Gasteiger partial charge in [-0.3, -0.25) is 14.6 Å². The number of carbonyl (C=O) groups excluding carboxylic acids is 2. The zero-order chi connectivity index (χ0) is 17.6. The molecule has 2 heterocycles. The van der Waals surface area contributed by atoms with Gasteiger partial charge in [-0.15, -0.1) is 0 Å². The SMILES string of the molecule is CC(=NNC(=O)C1CC(=O)N(Cc2ccccc2)C1)c1cccnc1. The molecule has 6 nitrogen and oxygen atoms in total. The van der Waals surface area contributed by atoms with Gasteiger partial charge in [-0.2, -0.15) is 5.10 Å². The van der Waals surface area contributed by atoms with E-state index >= 15 is 0 Å². The van der Waals surface area contributed by atoms with Gasteiger partial charge in [0.1, 0.15) is 0 Å². The lowest BCUT2D eigenvalue weighted by atomic mass is 10.1. The molecule has 128 valence electrons. The molecule has 1 saturated heterocycles. The average molecular weight is 336 g/mol. The van der Waals surface area contributed by atoms with E-state index in [9.17, 15) is 9.59 Å². The van der Waals surface area contributed by atoms with Crippen LogP contribution in [-0.4, -0.2) is 34.0 Å². The first kappa shape index (κ1) is 16.8. The molecule has 0 radical (unpaired) electrons. The Balaban J connectivity index is 1.57. The second kappa shape index (κ2) is 7.70. The highest BCUT2D eigenvalue weighted by molar-refractivity contribution is 5.99. The summed E-state index contributed by atoms with van der Waals surface area (Å²) in [6.07, 6.45) is 3.59. The molecule has 0 bridgehead atoms. The highest BCUT2D eigenvalue weighted by Gasteiger charge is 2.34. The predicted octanol–water partition coefficient (Wildman–Crippen LogP) is 1.97. The van der Waals surface area contributed by atoms with Gasteiger partial charge in [0.15, 0.2) is 0 Å². The monoisotopic (exact) mass is 336 g/mol. The number of hydrazone groups is 1. The molecule has 1 aliphatic rings. The third-order valence-electron chi connectivity index (χ3n) is 4.21. The van der Waals surface area contributed by atoms with Crippen LogP contribution in [0.5, 0.6) is 0 Å². The third-order valence-corrected chi connectivity index (χ3v) is 4.21. The Morgan fingerprint density at radius 1 is 1.28 bits per heavy atom. The Morgan fingerprint density at radius 2 is 2.08 bits per heavy atom. The standard InChI is InChI=1S/C19H20N4O2/c1-14(16-8-5-9-20-11-16)21-22-19(25)17-10-18(24)23(13-17)12-15-6-3-2-4-7-15/h2-9,11,17H,10,12-13H2,1H3,(H,22,25). The van der Waals surface area contributed by atoms with Crippen molar-refractivity contribution in [2.75, 3.05) is 6.54 Å². The van der Waals surface area contributed by atoms with Crippen LogP contribution in [0.2, 0.25) is 0 Å². The van der Waals surface area contributed by atoms with Crippen LogP contribution in [0.4, 0.5) is 0 Å². The summed E-state index contributed by atoms with van der Waals surface area (Å²) in [5, 5.41) is 4.12. The van der Waals surface area contributed by atoms with E-state index in [0.717, 1.165) is 11.1 Å². The molecule has 1 atom stereocenters. The lowest BCUT2D eigenvalue weighted by molar-refractivity contribution is -0.129. The fourth-order valence-corrected chi connectivity index (χ4v) is 2.78. The van der Waals surface area contributed by atoms with Crippen LogP contribution in [0.3, 0.4) is 0 Å². The quantitative estimate of drug-likeness (QED) is 0.670. The van der Waals surface area contributed by atoms with E-state index in [4.69, 9.17) is 0 Å². The first-order chi connectivity index (χ1) is 12.1. The molecule has 1 fully saturated rings. The number of nitrogens with one attached hydrogen (secondary N) is 1. The largest absolute Gasteiger partial charge is 0.338 e. The molecule has 0 spiro atoms. The first-order valence-electron chi connectivity index (χ1n) is 8.19. The van der Waals surface area contributed by atoms with Crippen molar-refractivity contribution in [2.45, 2.75) is 19.9 Å². The fraction of sp³-hybridized carbons (Fsp3) is 0.263. The zero-order valence-corrected chi connectivity index (χ0v) is 14.1. The van der Waals surface area contributed by atoms with Crippen LogP contribution in [0.1, 0.15) is 24.5 Å². The van der Waals surface area contributed by atoms with E-state index in [1.165, 1.54) is 0 Å². The summed E-state index contributed by atoms with van der Waals surface area (Å²) in [7, 11) is 0. The van der Waals surface area contributed by atoms with E-state index < -0.39 is 0 Å². The van der Waals surface area contributed by atoms with Crippen molar-refractivity contribution in [1.29, 1.82) is 0 Å². The summed E-state index contributed by atoms with van der Waals surface area (Å²) in [6.45, 7) is 2.75. The van der Waals surface area contributed by atoms with Crippen LogP contribution in [-0.2, 0) is 16.1 Å². The number of rotatable bonds is 5. The van der Waals surface area contributed by atoms with Crippen molar-refractivity contribution >= 4 is 17.5 Å². The van der Waals surface area contributed by atoms with Crippen LogP contribution in [0.25, 0.3) is 0 Å². The lowest BCUT2D eigenvalue weighted by Gasteiger charge is -2.16. The molecule has 2 aromatic rings. The van der Waals surface area contributed by atoms with Crippen LogP contribution in [0.15, 0.2) is 60.0 Å². The number of hydrogen-bond acceptors (Lipinski definition) is 4. The van der Waals surface area contributed by atoms with Crippen molar-refractivity contribution < 1.29 is 9.59 Å². The first-order valence-corrected chi connectivity index (χ1v) is 8.19. The van der Waals surface area contributed by atoms with Gasteiger partial charge in [-0.1, -0.05) is 36.4 Å². The van der Waals surface area contributed by atoms with Crippen LogP contribution in [0, 0.1) is 5.92 Å². The predicted molar refractivity (Wildman–Crippen MR) is 94.6 cm³/mol. The maximum absolute atomic E-state index is 12.3. The summed E-state index contributed by atoms with van der Waals surface area (Å²) in [4.78, 5) is 30.2. The smallest absolute Gasteiger partial charge is 0.245 e. The number of benzene rings is 1. The summed E-state index contributed by atoms with van der Waals surface area (Å²) in [5.41, 5.74) is 5.14. The van der Waals surface area contributed by atoms with E-state index in [-0.39, 0.29) is 24.2 Å². The van der Waals surface area contributed by atoms with Gasteiger partial charge >= 0.3 is 0 Å². The number of hydrogen-bond donors (Lipinski definition) is 1. The molecule has 1 N–H and O–H groups in total. The summed E-state index contributed by atoms with van der Waals surface area (Å²) >= 11 is 0. The van der Waals surface area contributed by atoms with Crippen LogP contribution >= 0.6 is 0 Å². The zero-order valence-electron chi connectivity index (χ0n) is 14.1. The van der Waals surface area contributed by atoms with Gasteiger partial charge in [0.05, 0.1) is 11.6 Å². The van der Waals surface area contributed by atoms with Gasteiger partial charge in [-0.05, 0) is 18.6 Å². The highest BCUT2D eigenvalue weighted by atomic mass is 16.2. The minimum atomic E-state index is -0.373. The number of nitrogens with zero attached hydrogens (tertiary/aromatic N) is 3. The Hall–Kier alpha value is -3.02. The Bertz CT molecular complexity index is 775. The molecule has 1 unspecified atom stereocenters. The van der Waals surface area contributed by atoms with Gasteiger partial charge in [-0.25, -0.2) is 5.43 Å². The molecule has 1 aromatic carbocycles. The molecule has 1 aliphatic heterocycles. The number of amides is 2. The molecular weight excluding hydrogens is 316 g/mol.